The van der Waals surface area contributed by atoms with Crippen LogP contribution in [-0.4, -0.2) is 41.6 Å². The van der Waals surface area contributed by atoms with Gasteiger partial charge in [0.2, 0.25) is 5.43 Å². The van der Waals surface area contributed by atoms with Crippen molar-refractivity contribution in [3.05, 3.63) is 39.6 Å². The summed E-state index contributed by atoms with van der Waals surface area (Å²) in [5, 5.41) is 6.40. The minimum Gasteiger partial charge on any atom is -0.358 e. The molecule has 2 heterocycles. The second-order valence-electron chi connectivity index (χ2n) is 5.95. The fraction of sp³-hybridized carbons (Fsp3) is 0.412. The second kappa shape index (κ2) is 7.23. The van der Waals surface area contributed by atoms with Crippen LogP contribution in [0.2, 0.25) is 5.02 Å². The highest BCUT2D eigenvalue weighted by atomic mass is 35.5. The van der Waals surface area contributed by atoms with Crippen molar-refractivity contribution in [2.75, 3.05) is 25.0 Å². The van der Waals surface area contributed by atoms with E-state index in [1.54, 1.807) is 18.2 Å². The van der Waals surface area contributed by atoms with Gasteiger partial charge < -0.3 is 15.6 Å². The predicted molar refractivity (Wildman–Crippen MR) is 96.9 cm³/mol. The summed E-state index contributed by atoms with van der Waals surface area (Å²) in [5.74, 6) is 0. The zero-order valence-corrected chi connectivity index (χ0v) is 14.3. The molecule has 1 aromatic heterocycles. The number of likely N-dealkylation sites (tertiary alicyclic amines) is 1. The molecule has 0 aliphatic carbocycles. The minimum absolute atomic E-state index is 0.209. The van der Waals surface area contributed by atoms with E-state index in [1.807, 2.05) is 0 Å². The third kappa shape index (κ3) is 3.39. The first-order valence-corrected chi connectivity index (χ1v) is 8.56. The Hall–Kier alpha value is -2.05. The topological polar surface area (TPSA) is 77.2 Å². The summed E-state index contributed by atoms with van der Waals surface area (Å²) >= 11 is 6.06. The van der Waals surface area contributed by atoms with Crippen LogP contribution in [0.25, 0.3) is 10.9 Å². The van der Waals surface area contributed by atoms with E-state index in [0.717, 1.165) is 25.9 Å². The number of fused-ring (bicyclic) bond motifs is 1. The molecule has 1 atom stereocenters. The Labute approximate surface area is 145 Å². The molecule has 1 aliphatic rings. The lowest BCUT2D eigenvalue weighted by molar-refractivity contribution is 0.238. The van der Waals surface area contributed by atoms with Crippen LogP contribution in [-0.2, 0) is 0 Å². The van der Waals surface area contributed by atoms with E-state index in [2.05, 4.69) is 27.4 Å². The lowest BCUT2D eigenvalue weighted by atomic mass is 10.2. The van der Waals surface area contributed by atoms with Crippen molar-refractivity contribution in [3.63, 3.8) is 0 Å². The number of amides is 2. The van der Waals surface area contributed by atoms with Gasteiger partial charge in [0.1, 0.15) is 5.69 Å². The third-order valence-electron chi connectivity index (χ3n) is 4.52. The van der Waals surface area contributed by atoms with E-state index in [4.69, 9.17) is 11.6 Å². The summed E-state index contributed by atoms with van der Waals surface area (Å²) in [7, 11) is 0. The molecule has 1 aromatic carbocycles. The van der Waals surface area contributed by atoms with E-state index in [1.165, 1.54) is 6.20 Å². The average Bonchev–Trinajstić information content (AvgIpc) is 3.04. The number of halogens is 1. The van der Waals surface area contributed by atoms with Crippen LogP contribution in [0.1, 0.15) is 19.8 Å². The van der Waals surface area contributed by atoms with Gasteiger partial charge in [0.25, 0.3) is 0 Å². The Kier molecular flexibility index (Phi) is 5.06. The predicted octanol–water partition coefficient (Wildman–Crippen LogP) is 2.79. The highest BCUT2D eigenvalue weighted by Crippen LogP contribution is 2.19. The summed E-state index contributed by atoms with van der Waals surface area (Å²) in [6, 6.07) is 5.10. The standard InChI is InChI=1S/C17H21ClN4O2/c1-2-22-8-4-5-11(22)9-20-17(24)21-14-10-19-15-12(16(14)23)6-3-7-13(15)18/h3,6-7,10-11H,2,4-5,8-9H2,1H3,(H,19,23)(H2,20,21,24)/t11-/m1/s1. The number of benzene rings is 1. The monoisotopic (exact) mass is 348 g/mol. The van der Waals surface area contributed by atoms with Gasteiger partial charge in [-0.25, -0.2) is 4.79 Å². The Bertz CT molecular complexity index is 805. The molecule has 0 bridgehead atoms. The molecule has 24 heavy (non-hydrogen) atoms. The van der Waals surface area contributed by atoms with Crippen molar-refractivity contribution in [3.8, 4) is 0 Å². The molecule has 3 rings (SSSR count). The summed E-state index contributed by atoms with van der Waals surface area (Å²) in [6.45, 7) is 4.77. The van der Waals surface area contributed by atoms with E-state index in [-0.39, 0.29) is 17.1 Å². The van der Waals surface area contributed by atoms with Crippen molar-refractivity contribution in [2.24, 2.45) is 0 Å². The van der Waals surface area contributed by atoms with Crippen LogP contribution in [0, 0.1) is 0 Å². The quantitative estimate of drug-likeness (QED) is 0.795. The number of rotatable bonds is 4. The van der Waals surface area contributed by atoms with E-state index >= 15 is 0 Å². The van der Waals surface area contributed by atoms with Crippen molar-refractivity contribution < 1.29 is 4.79 Å². The molecule has 0 radical (unpaired) electrons. The first-order chi connectivity index (χ1) is 11.6. The molecular weight excluding hydrogens is 328 g/mol. The Balaban J connectivity index is 1.67. The highest BCUT2D eigenvalue weighted by molar-refractivity contribution is 6.35. The summed E-state index contributed by atoms with van der Waals surface area (Å²) in [6.07, 6.45) is 3.72. The fourth-order valence-corrected chi connectivity index (χ4v) is 3.46. The van der Waals surface area contributed by atoms with Gasteiger partial charge in [-0.05, 0) is 38.1 Å². The second-order valence-corrected chi connectivity index (χ2v) is 6.36. The number of hydrogen-bond acceptors (Lipinski definition) is 3. The summed E-state index contributed by atoms with van der Waals surface area (Å²) < 4.78 is 0. The van der Waals surface area contributed by atoms with Crippen molar-refractivity contribution >= 4 is 34.2 Å². The maximum Gasteiger partial charge on any atom is 0.319 e. The molecular formula is C17H21ClN4O2. The van der Waals surface area contributed by atoms with E-state index in [0.29, 0.717) is 28.5 Å². The normalized spacial score (nSPS) is 18.0. The number of likely N-dealkylation sites (N-methyl/N-ethyl adjacent to an activating group) is 1. The largest absolute Gasteiger partial charge is 0.358 e. The number of aromatic amines is 1. The Morgan fingerprint density at radius 3 is 3.08 bits per heavy atom. The van der Waals surface area contributed by atoms with E-state index in [9.17, 15) is 9.59 Å². The lowest BCUT2D eigenvalue weighted by Crippen LogP contribution is -2.41. The number of para-hydroxylation sites is 1. The molecule has 0 spiro atoms. The molecule has 7 heteroatoms. The Morgan fingerprint density at radius 1 is 1.46 bits per heavy atom. The third-order valence-corrected chi connectivity index (χ3v) is 4.83. The van der Waals surface area contributed by atoms with E-state index < -0.39 is 0 Å². The number of nitrogens with zero attached hydrogens (tertiary/aromatic N) is 1. The van der Waals surface area contributed by atoms with Crippen LogP contribution < -0.4 is 16.1 Å². The van der Waals surface area contributed by atoms with Gasteiger partial charge in [0.05, 0.1) is 10.5 Å². The van der Waals surface area contributed by atoms with Crippen LogP contribution in [0.3, 0.4) is 0 Å². The number of pyridine rings is 1. The molecule has 0 unspecified atom stereocenters. The smallest absolute Gasteiger partial charge is 0.319 e. The zero-order valence-electron chi connectivity index (χ0n) is 13.6. The van der Waals surface area contributed by atoms with Gasteiger partial charge in [-0.3, -0.25) is 9.69 Å². The summed E-state index contributed by atoms with van der Waals surface area (Å²) in [5.41, 5.74) is 0.526. The molecule has 1 aliphatic heterocycles. The average molecular weight is 349 g/mol. The Morgan fingerprint density at radius 2 is 2.29 bits per heavy atom. The minimum atomic E-state index is -0.371. The van der Waals surface area contributed by atoms with Gasteiger partial charge in [-0.15, -0.1) is 0 Å². The number of carbonyl (C=O) groups excluding carboxylic acids is 1. The molecule has 128 valence electrons. The molecule has 1 saturated heterocycles. The van der Waals surface area contributed by atoms with Crippen molar-refractivity contribution in [1.82, 2.24) is 15.2 Å². The SMILES string of the molecule is CCN1CCC[C@@H]1CNC(=O)Nc1c[nH]c2c(Cl)cccc2c1=O. The van der Waals surface area contributed by atoms with Gasteiger partial charge in [-0.1, -0.05) is 24.6 Å². The number of aromatic nitrogens is 1. The molecule has 1 fully saturated rings. The van der Waals surface area contributed by atoms with Gasteiger partial charge in [-0.2, -0.15) is 0 Å². The number of H-pyrrole nitrogens is 1. The van der Waals surface area contributed by atoms with Gasteiger partial charge >= 0.3 is 6.03 Å². The maximum atomic E-state index is 12.4. The van der Waals surface area contributed by atoms with Crippen LogP contribution in [0.4, 0.5) is 10.5 Å². The molecule has 2 amide bonds. The van der Waals surface area contributed by atoms with Crippen LogP contribution >= 0.6 is 11.6 Å². The number of urea groups is 1. The fourth-order valence-electron chi connectivity index (χ4n) is 3.23. The van der Waals surface area contributed by atoms with Crippen molar-refractivity contribution in [2.45, 2.75) is 25.8 Å². The maximum absolute atomic E-state index is 12.4. The number of carbonyl (C=O) groups is 1. The molecule has 0 saturated carbocycles. The number of nitrogens with one attached hydrogen (secondary N) is 3. The number of anilines is 1. The first kappa shape index (κ1) is 16.8. The lowest BCUT2D eigenvalue weighted by Gasteiger charge is -2.22. The first-order valence-electron chi connectivity index (χ1n) is 8.19. The van der Waals surface area contributed by atoms with Crippen molar-refractivity contribution in [1.29, 1.82) is 0 Å². The van der Waals surface area contributed by atoms with Crippen LogP contribution in [0.15, 0.2) is 29.2 Å². The van der Waals surface area contributed by atoms with Gasteiger partial charge in [0, 0.05) is 24.2 Å². The molecule has 3 N–H and O–H groups in total. The van der Waals surface area contributed by atoms with Crippen LogP contribution in [0.5, 0.6) is 0 Å². The zero-order chi connectivity index (χ0) is 17.1. The number of hydrogen-bond donors (Lipinski definition) is 3. The highest BCUT2D eigenvalue weighted by Gasteiger charge is 2.23. The van der Waals surface area contributed by atoms with Gasteiger partial charge in [0.15, 0.2) is 0 Å². The molecule has 2 aromatic rings. The summed E-state index contributed by atoms with van der Waals surface area (Å²) in [4.78, 5) is 29.9. The molecule has 6 nitrogen and oxygen atoms in total.